The van der Waals surface area contributed by atoms with Crippen molar-refractivity contribution >= 4 is 34.4 Å². The predicted molar refractivity (Wildman–Crippen MR) is 80.3 cm³/mol. The lowest BCUT2D eigenvalue weighted by atomic mass is 10.1. The molecule has 6 N–H and O–H groups in total. The number of nitrogen functional groups attached to an aromatic ring is 1. The average molecular weight is 343 g/mol. The number of carbonyl (C=O) groups is 2. The first-order valence-corrected chi connectivity index (χ1v) is 6.19. The van der Waals surface area contributed by atoms with E-state index in [2.05, 4.69) is 5.32 Å². The molecule has 0 aliphatic heterocycles. The van der Waals surface area contributed by atoms with E-state index in [0.717, 1.165) is 10.8 Å². The van der Waals surface area contributed by atoms with Crippen LogP contribution in [0.3, 0.4) is 0 Å². The van der Waals surface area contributed by atoms with Gasteiger partial charge in [-0.25, -0.2) is 9.59 Å². The summed E-state index contributed by atoms with van der Waals surface area (Å²) < 4.78 is 31.7. The number of carboxylic acids is 1. The number of hydrogen-bond donors (Lipinski definition) is 5. The van der Waals surface area contributed by atoms with Gasteiger partial charge >= 0.3 is 18.2 Å². The zero-order valence-corrected chi connectivity index (χ0v) is 11.9. The number of rotatable bonds is 2. The lowest BCUT2D eigenvalue weighted by Crippen LogP contribution is -2.21. The third kappa shape index (κ3) is 5.48. The fraction of sp³-hybridized carbons (Fsp3) is 0.0714. The fourth-order valence-electron chi connectivity index (χ4n) is 1.61. The number of halogens is 3. The number of carboxylic acid groups (broad SMARTS) is 2. The Bertz CT molecular complexity index is 790. The Morgan fingerprint density at radius 1 is 1.04 bits per heavy atom. The molecular formula is C14H12F3N3O4. The van der Waals surface area contributed by atoms with Crippen LogP contribution in [-0.2, 0) is 4.79 Å². The molecule has 1 amide bonds. The second-order valence-electron chi connectivity index (χ2n) is 4.42. The van der Waals surface area contributed by atoms with Crippen LogP contribution in [0.15, 0.2) is 36.4 Å². The van der Waals surface area contributed by atoms with Gasteiger partial charge < -0.3 is 15.9 Å². The molecule has 0 unspecified atom stereocenters. The lowest BCUT2D eigenvalue weighted by Gasteiger charge is -2.05. The molecule has 0 heterocycles. The molecule has 0 spiro atoms. The summed E-state index contributed by atoms with van der Waals surface area (Å²) >= 11 is 0. The zero-order valence-electron chi connectivity index (χ0n) is 11.9. The number of fused-ring (bicyclic) bond motifs is 1. The van der Waals surface area contributed by atoms with Crippen molar-refractivity contribution in [3.05, 3.63) is 42.0 Å². The third-order valence-electron chi connectivity index (χ3n) is 2.65. The quantitative estimate of drug-likeness (QED) is 0.422. The monoisotopic (exact) mass is 343 g/mol. The Morgan fingerprint density at radius 2 is 1.54 bits per heavy atom. The molecule has 2 aromatic carbocycles. The number of hydrogen-bond acceptors (Lipinski definition) is 3. The minimum Gasteiger partial charge on any atom is -0.475 e. The van der Waals surface area contributed by atoms with Crippen molar-refractivity contribution in [2.45, 2.75) is 6.18 Å². The van der Waals surface area contributed by atoms with Crippen molar-refractivity contribution in [1.29, 1.82) is 5.41 Å². The smallest absolute Gasteiger partial charge is 0.475 e. The molecule has 0 radical (unpaired) electrons. The summed E-state index contributed by atoms with van der Waals surface area (Å²) in [5, 5.41) is 27.1. The van der Waals surface area contributed by atoms with Gasteiger partial charge in [-0.1, -0.05) is 18.2 Å². The van der Waals surface area contributed by atoms with Gasteiger partial charge in [0.15, 0.2) is 0 Å². The largest absolute Gasteiger partial charge is 0.490 e. The Kier molecular flexibility index (Phi) is 5.71. The summed E-state index contributed by atoms with van der Waals surface area (Å²) in [5.74, 6) is -2.74. The third-order valence-corrected chi connectivity index (χ3v) is 2.65. The molecule has 0 aliphatic rings. The van der Waals surface area contributed by atoms with Crippen molar-refractivity contribution in [2.75, 3.05) is 5.32 Å². The standard InChI is InChI=1S/C12H11N3O2.C2HF3O2/c13-11(14)9-2-1-8-6-10(15-12(16)17)4-3-7(8)5-9;3-2(4,5)1(6)7/h1-6,15H,(H3,13,14)(H,16,17);(H,6,7). The molecule has 0 atom stereocenters. The van der Waals surface area contributed by atoms with Crippen molar-refractivity contribution < 1.29 is 33.0 Å². The number of benzene rings is 2. The van der Waals surface area contributed by atoms with Crippen molar-refractivity contribution in [1.82, 2.24) is 0 Å². The molecule has 0 bridgehead atoms. The van der Waals surface area contributed by atoms with Crippen LogP contribution in [0, 0.1) is 5.41 Å². The second-order valence-corrected chi connectivity index (χ2v) is 4.42. The highest BCUT2D eigenvalue weighted by molar-refractivity contribution is 6.00. The molecule has 128 valence electrons. The maximum atomic E-state index is 10.6. The summed E-state index contributed by atoms with van der Waals surface area (Å²) in [6, 6.07) is 10.5. The van der Waals surface area contributed by atoms with E-state index in [4.69, 9.17) is 26.2 Å². The molecule has 0 saturated carbocycles. The summed E-state index contributed by atoms with van der Waals surface area (Å²) in [7, 11) is 0. The van der Waals surface area contributed by atoms with E-state index in [1.807, 2.05) is 0 Å². The minimum atomic E-state index is -5.08. The van der Waals surface area contributed by atoms with Gasteiger partial charge in [-0.15, -0.1) is 0 Å². The van der Waals surface area contributed by atoms with Gasteiger partial charge in [0.1, 0.15) is 5.84 Å². The first-order chi connectivity index (χ1) is 11.0. The van der Waals surface area contributed by atoms with Crippen LogP contribution in [-0.4, -0.2) is 34.3 Å². The van der Waals surface area contributed by atoms with Crippen LogP contribution < -0.4 is 11.1 Å². The summed E-state index contributed by atoms with van der Waals surface area (Å²) in [5.41, 5.74) is 6.56. The minimum absolute atomic E-state index is 0.0136. The Balaban J connectivity index is 0.000000351. The molecule has 24 heavy (non-hydrogen) atoms. The molecule has 0 aromatic heterocycles. The van der Waals surface area contributed by atoms with Gasteiger partial charge in [0.25, 0.3) is 0 Å². The molecule has 0 saturated heterocycles. The molecule has 2 rings (SSSR count). The number of aliphatic carboxylic acids is 1. The summed E-state index contributed by atoms with van der Waals surface area (Å²) in [4.78, 5) is 19.4. The highest BCUT2D eigenvalue weighted by Gasteiger charge is 2.38. The molecule has 7 nitrogen and oxygen atoms in total. The van der Waals surface area contributed by atoms with Crippen LogP contribution in [0.25, 0.3) is 10.8 Å². The van der Waals surface area contributed by atoms with Crippen LogP contribution in [0.1, 0.15) is 5.56 Å². The SMILES string of the molecule is N=C(N)c1ccc2cc(NC(=O)O)ccc2c1.O=C(O)C(F)(F)F. The average Bonchev–Trinajstić information content (AvgIpc) is 2.45. The van der Waals surface area contributed by atoms with Crippen molar-refractivity contribution in [2.24, 2.45) is 5.73 Å². The van der Waals surface area contributed by atoms with Gasteiger partial charge in [-0.3, -0.25) is 10.7 Å². The van der Waals surface area contributed by atoms with E-state index in [-0.39, 0.29) is 5.84 Å². The van der Waals surface area contributed by atoms with Gasteiger partial charge in [-0.2, -0.15) is 13.2 Å². The van der Waals surface area contributed by atoms with Crippen LogP contribution >= 0.6 is 0 Å². The first kappa shape index (κ1) is 18.7. The number of nitrogens with one attached hydrogen (secondary N) is 2. The number of amides is 1. The van der Waals surface area contributed by atoms with Crippen molar-refractivity contribution in [3.63, 3.8) is 0 Å². The van der Waals surface area contributed by atoms with E-state index in [1.54, 1.807) is 36.4 Å². The Hall–Kier alpha value is -3.30. The predicted octanol–water partition coefficient (Wildman–Crippen LogP) is 2.85. The summed E-state index contributed by atoms with van der Waals surface area (Å²) in [6.07, 6.45) is -6.18. The Labute approximate surface area is 133 Å². The first-order valence-electron chi connectivity index (χ1n) is 6.19. The number of amidine groups is 1. The van der Waals surface area contributed by atoms with Crippen LogP contribution in [0.5, 0.6) is 0 Å². The summed E-state index contributed by atoms with van der Waals surface area (Å²) in [6.45, 7) is 0. The van der Waals surface area contributed by atoms with Gasteiger partial charge in [-0.05, 0) is 29.0 Å². The van der Waals surface area contributed by atoms with E-state index >= 15 is 0 Å². The highest BCUT2D eigenvalue weighted by Crippen LogP contribution is 2.20. The second kappa shape index (κ2) is 7.31. The van der Waals surface area contributed by atoms with E-state index in [1.165, 1.54) is 0 Å². The molecule has 0 aliphatic carbocycles. The zero-order chi connectivity index (χ0) is 18.5. The topological polar surface area (TPSA) is 136 Å². The molecule has 0 fully saturated rings. The fourth-order valence-corrected chi connectivity index (χ4v) is 1.61. The van der Waals surface area contributed by atoms with E-state index in [0.29, 0.717) is 11.3 Å². The molecular weight excluding hydrogens is 331 g/mol. The Morgan fingerprint density at radius 3 is 2.00 bits per heavy atom. The molecule has 10 heteroatoms. The van der Waals surface area contributed by atoms with Gasteiger partial charge in [0.2, 0.25) is 0 Å². The maximum Gasteiger partial charge on any atom is 0.490 e. The van der Waals surface area contributed by atoms with Crippen LogP contribution in [0.4, 0.5) is 23.7 Å². The molecule has 2 aromatic rings. The number of alkyl halides is 3. The van der Waals surface area contributed by atoms with Gasteiger partial charge in [0, 0.05) is 11.3 Å². The number of anilines is 1. The maximum absolute atomic E-state index is 10.6. The highest BCUT2D eigenvalue weighted by atomic mass is 19.4. The lowest BCUT2D eigenvalue weighted by molar-refractivity contribution is -0.192. The number of nitrogens with two attached hydrogens (primary N) is 1. The van der Waals surface area contributed by atoms with Crippen molar-refractivity contribution in [3.8, 4) is 0 Å². The normalized spacial score (nSPS) is 10.5. The van der Waals surface area contributed by atoms with Crippen LogP contribution in [0.2, 0.25) is 0 Å². The van der Waals surface area contributed by atoms with Gasteiger partial charge in [0.05, 0.1) is 0 Å². The van der Waals surface area contributed by atoms with E-state index in [9.17, 15) is 18.0 Å². The van der Waals surface area contributed by atoms with E-state index < -0.39 is 18.2 Å².